The van der Waals surface area contributed by atoms with Gasteiger partial charge in [-0.1, -0.05) is 0 Å². The summed E-state index contributed by atoms with van der Waals surface area (Å²) >= 11 is 2.57. The van der Waals surface area contributed by atoms with Crippen LogP contribution < -0.4 is 4.57 Å². The van der Waals surface area contributed by atoms with E-state index < -0.39 is 23.3 Å². The molecule has 0 bridgehead atoms. The van der Waals surface area contributed by atoms with E-state index in [4.69, 9.17) is 5.11 Å². The van der Waals surface area contributed by atoms with Crippen LogP contribution in [0.4, 0.5) is 8.78 Å². The van der Waals surface area contributed by atoms with Crippen LogP contribution in [-0.4, -0.2) is 20.3 Å². The molecular formula is C30H21F2N2O2PtV-. The van der Waals surface area contributed by atoms with Gasteiger partial charge in [-0.3, -0.25) is 0 Å². The molecule has 0 fully saturated rings. The van der Waals surface area contributed by atoms with Crippen molar-refractivity contribution in [3.8, 4) is 11.3 Å². The van der Waals surface area contributed by atoms with Gasteiger partial charge >= 0.3 is 223 Å². The molecule has 0 aliphatic carbocycles. The number of aliphatic carboxylic acids is 1. The van der Waals surface area contributed by atoms with Gasteiger partial charge < -0.3 is 0 Å². The van der Waals surface area contributed by atoms with E-state index in [1.165, 1.54) is 6.08 Å². The fraction of sp³-hybridized carbons (Fsp3) is 0.0667. The van der Waals surface area contributed by atoms with Crippen LogP contribution in [0.25, 0.3) is 11.3 Å². The largest absolute Gasteiger partial charge is 0 e. The standard InChI is InChI=1S/C30H21F2N2O2.Pt.V/c1-34-25(24-19-20-27(31)33-29(24)32)16-11-17-26(34)30(22-12-5-2-6-13-22,23-14-7-3-8-15-23)21-10-4-9-18-28(35)36;;/h2-17,20H,1H3,(H,35,36);;/q-1;;/b10-4-;;. The maximum Gasteiger partial charge on any atom is 0 e. The number of rotatable bonds is 8. The molecule has 0 saturated heterocycles. The Kier molecular flexibility index (Phi) is 9.98. The first-order valence-electron chi connectivity index (χ1n) is 11.3. The van der Waals surface area contributed by atoms with Crippen LogP contribution in [-0.2, 0) is 55.3 Å². The Bertz CT molecular complexity index is 1470. The minimum atomic E-state index is -1.17. The van der Waals surface area contributed by atoms with Crippen molar-refractivity contribution in [2.24, 2.45) is 7.05 Å². The maximum atomic E-state index is 14.7. The normalized spacial score (nSPS) is 11.4. The van der Waals surface area contributed by atoms with Crippen LogP contribution in [0.2, 0.25) is 0 Å². The molecular weight excluding hydrogens is 704 g/mol. The van der Waals surface area contributed by atoms with Crippen molar-refractivity contribution in [1.29, 1.82) is 0 Å². The first-order valence-corrected chi connectivity index (χ1v) is 12.0. The topological polar surface area (TPSA) is 54.1 Å². The second-order valence-electron chi connectivity index (χ2n) is 8.09. The smallest absolute Gasteiger partial charge is 0 e. The molecule has 4 nitrogen and oxygen atoms in total. The fourth-order valence-corrected chi connectivity index (χ4v) is 5.13. The molecule has 0 spiro atoms. The molecule has 2 aromatic heterocycles. The summed E-state index contributed by atoms with van der Waals surface area (Å²) in [5.74, 6) is -3.07. The molecule has 1 N–H and O–H groups in total. The van der Waals surface area contributed by atoms with E-state index in [0.717, 1.165) is 27.1 Å². The predicted octanol–water partition coefficient (Wildman–Crippen LogP) is 4.70. The molecule has 0 aliphatic heterocycles. The van der Waals surface area contributed by atoms with E-state index >= 15 is 0 Å². The molecule has 193 valence electrons. The predicted molar refractivity (Wildman–Crippen MR) is 132 cm³/mol. The van der Waals surface area contributed by atoms with Gasteiger partial charge in [-0.2, -0.15) is 0 Å². The van der Waals surface area contributed by atoms with Crippen LogP contribution in [0.5, 0.6) is 0 Å². The molecule has 0 unspecified atom stereocenters. The maximum absolute atomic E-state index is 14.7. The summed E-state index contributed by atoms with van der Waals surface area (Å²) in [5.41, 5.74) is 2.27. The van der Waals surface area contributed by atoms with E-state index in [0.29, 0.717) is 5.69 Å². The van der Waals surface area contributed by atoms with Gasteiger partial charge in [0.15, 0.2) is 0 Å². The number of carboxylic acids is 1. The van der Waals surface area contributed by atoms with Crippen molar-refractivity contribution in [1.82, 2.24) is 4.98 Å². The Labute approximate surface area is 243 Å². The van der Waals surface area contributed by atoms with Gasteiger partial charge in [-0.25, -0.2) is 0 Å². The van der Waals surface area contributed by atoms with Crippen molar-refractivity contribution < 1.29 is 61.3 Å². The van der Waals surface area contributed by atoms with Crippen molar-refractivity contribution in [3.05, 3.63) is 144 Å². The minimum absolute atomic E-state index is 0. The molecule has 0 aliphatic rings. The fourth-order valence-electron chi connectivity index (χ4n) is 4.41. The van der Waals surface area contributed by atoms with Crippen LogP contribution in [0, 0.1) is 24.0 Å². The third-order valence-corrected chi connectivity index (χ3v) is 6.73. The zero-order valence-corrected chi connectivity index (χ0v) is 23.8. The number of hydrogen-bond donors (Lipinski definition) is 1. The number of aromatic nitrogens is 2. The third kappa shape index (κ3) is 5.89. The number of allylic oxidation sites excluding steroid dienone is 3. The van der Waals surface area contributed by atoms with Gasteiger partial charge in [-0.15, -0.1) is 0 Å². The van der Waals surface area contributed by atoms with E-state index in [1.54, 1.807) is 12.1 Å². The van der Waals surface area contributed by atoms with Gasteiger partial charge in [-0.05, 0) is 0 Å². The molecule has 8 heteroatoms. The Morgan fingerprint density at radius 1 is 1.03 bits per heavy atom. The molecule has 38 heavy (non-hydrogen) atoms. The molecule has 4 aromatic rings. The zero-order chi connectivity index (χ0) is 26.4. The van der Waals surface area contributed by atoms with Crippen molar-refractivity contribution in [2.75, 3.05) is 0 Å². The molecule has 2 heterocycles. The van der Waals surface area contributed by atoms with Gasteiger partial charge in [0.1, 0.15) is 0 Å². The van der Waals surface area contributed by atoms with E-state index in [-0.39, 0.29) is 26.6 Å². The average molecular weight is 726 g/mol. The molecule has 0 amide bonds. The first-order chi connectivity index (χ1) is 17.9. The van der Waals surface area contributed by atoms with Gasteiger partial charge in [0, 0.05) is 21.1 Å². The Morgan fingerprint density at radius 2 is 1.63 bits per heavy atom. The number of pyridine rings is 2. The number of halogens is 2. The number of carbonyl (C=O) groups is 1. The Hall–Kier alpha value is -3.31. The molecule has 0 radical (unpaired) electrons. The number of benzene rings is 2. The Morgan fingerprint density at radius 3 is 2.18 bits per heavy atom. The number of carboxylic acid groups (broad SMARTS) is 1. The second kappa shape index (κ2) is 13.0. The second-order valence-corrected chi connectivity index (χ2v) is 8.84. The van der Waals surface area contributed by atoms with Gasteiger partial charge in [0.2, 0.25) is 0 Å². The minimum Gasteiger partial charge on any atom is 0 e. The monoisotopic (exact) mass is 725 g/mol. The summed E-state index contributed by atoms with van der Waals surface area (Å²) in [6, 6.07) is 28.8. The van der Waals surface area contributed by atoms with Crippen LogP contribution >= 0.6 is 0 Å². The summed E-state index contributed by atoms with van der Waals surface area (Å²) in [5, 5.41) is 8.93. The SMILES string of the molecule is C[n+]1c(-c2[c-]cc(F)nc2F)cccc1C([C](=[V])/C=C\C=[C-]C(=O)O)(c1ccccc1)c1ccccc1.[Pt]. The molecule has 4 rings (SSSR count). The molecule has 0 atom stereocenters. The van der Waals surface area contributed by atoms with E-state index in [1.807, 2.05) is 90.5 Å². The van der Waals surface area contributed by atoms with Crippen LogP contribution in [0.3, 0.4) is 0 Å². The van der Waals surface area contributed by atoms with Crippen LogP contribution in [0.15, 0.2) is 103 Å². The summed E-state index contributed by atoms with van der Waals surface area (Å²) in [6.45, 7) is 0. The van der Waals surface area contributed by atoms with Crippen molar-refractivity contribution in [3.63, 3.8) is 0 Å². The average Bonchev–Trinajstić information content (AvgIpc) is 2.89. The summed E-state index contributed by atoms with van der Waals surface area (Å²) < 4.78 is 30.9. The quantitative estimate of drug-likeness (QED) is 0.0943. The summed E-state index contributed by atoms with van der Waals surface area (Å²) in [7, 11) is 1.81. The number of hydrogen-bond acceptors (Lipinski definition) is 2. The third-order valence-electron chi connectivity index (χ3n) is 5.97. The first kappa shape index (κ1) is 29.3. The summed E-state index contributed by atoms with van der Waals surface area (Å²) in [4.78, 5) is 14.3. The van der Waals surface area contributed by atoms with Gasteiger partial charge in [0.05, 0.1) is 0 Å². The van der Waals surface area contributed by atoms with Crippen molar-refractivity contribution >= 4 is 10.2 Å². The zero-order valence-electron chi connectivity index (χ0n) is 20.1. The molecule has 2 aromatic carbocycles. The number of nitrogens with zero attached hydrogens (tertiary/aromatic N) is 2. The van der Waals surface area contributed by atoms with Crippen molar-refractivity contribution in [2.45, 2.75) is 5.41 Å². The van der Waals surface area contributed by atoms with Gasteiger partial charge in [0.25, 0.3) is 0 Å². The van der Waals surface area contributed by atoms with E-state index in [9.17, 15) is 13.6 Å². The molecule has 0 saturated carbocycles. The van der Waals surface area contributed by atoms with E-state index in [2.05, 4.69) is 34.1 Å². The van der Waals surface area contributed by atoms with Crippen LogP contribution in [0.1, 0.15) is 16.8 Å². The summed E-state index contributed by atoms with van der Waals surface area (Å²) in [6.07, 6.45) is 6.98. The Balaban J connectivity index is 0.00000400.